The Bertz CT molecular complexity index is 576. The molecule has 0 aliphatic heterocycles. The zero-order chi connectivity index (χ0) is 16.0. The van der Waals surface area contributed by atoms with Gasteiger partial charge in [0, 0.05) is 24.7 Å². The summed E-state index contributed by atoms with van der Waals surface area (Å²) in [7, 11) is 0. The highest BCUT2D eigenvalue weighted by atomic mass is 16.5. The lowest BCUT2D eigenvalue weighted by Gasteiger charge is -2.41. The number of carbonyl (C=O) groups excluding carboxylic acids is 2. The van der Waals surface area contributed by atoms with E-state index in [9.17, 15) is 14.9 Å². The smallest absolute Gasteiger partial charge is 0.305 e. The fraction of sp³-hybridized carbons (Fsp3) is 0.500. The van der Waals surface area contributed by atoms with Gasteiger partial charge >= 0.3 is 5.97 Å². The number of hydrogen-bond acceptors (Lipinski definition) is 4. The molecule has 0 bridgehead atoms. The molecule has 1 saturated carbocycles. The minimum Gasteiger partial charge on any atom is -0.466 e. The molecule has 1 aromatic carbocycles. The Morgan fingerprint density at radius 3 is 2.77 bits per heavy atom. The van der Waals surface area contributed by atoms with Gasteiger partial charge in [-0.15, -0.1) is 0 Å². The van der Waals surface area contributed by atoms with Crippen molar-refractivity contribution >= 4 is 11.8 Å². The first kappa shape index (κ1) is 16.2. The third-order valence-corrected chi connectivity index (χ3v) is 4.48. The highest BCUT2D eigenvalue weighted by Gasteiger charge is 2.45. The summed E-state index contributed by atoms with van der Waals surface area (Å²) in [5, 5.41) is 9.57. The molecule has 2 atom stereocenters. The molecule has 1 aliphatic rings. The number of benzene rings is 1. The Kier molecular flexibility index (Phi) is 5.32. The predicted molar refractivity (Wildman–Crippen MR) is 81.9 cm³/mol. The molecule has 0 radical (unpaired) electrons. The summed E-state index contributed by atoms with van der Waals surface area (Å²) in [6.07, 6.45) is 2.04. The average molecular weight is 299 g/mol. The number of Topliss-reactive ketones (excluding diaryl/α,β-unsaturated/α-hetero) is 1. The van der Waals surface area contributed by atoms with E-state index in [1.165, 1.54) is 0 Å². The molecule has 0 amide bonds. The molecule has 0 unspecified atom stereocenters. The van der Waals surface area contributed by atoms with Crippen molar-refractivity contribution in [2.75, 3.05) is 6.61 Å². The number of ether oxygens (including phenoxy) is 1. The lowest BCUT2D eigenvalue weighted by Crippen LogP contribution is -2.41. The van der Waals surface area contributed by atoms with Crippen LogP contribution < -0.4 is 0 Å². The molecule has 1 fully saturated rings. The fourth-order valence-corrected chi connectivity index (χ4v) is 3.37. The molecule has 1 aromatic rings. The third-order valence-electron chi connectivity index (χ3n) is 4.48. The maximum absolute atomic E-state index is 12.1. The first-order valence-electron chi connectivity index (χ1n) is 7.75. The number of nitrogens with zero attached hydrogens (tertiary/aromatic N) is 1. The van der Waals surface area contributed by atoms with Crippen molar-refractivity contribution < 1.29 is 14.3 Å². The number of ketones is 1. The van der Waals surface area contributed by atoms with Gasteiger partial charge in [0.2, 0.25) is 0 Å². The summed E-state index contributed by atoms with van der Waals surface area (Å²) in [6.45, 7) is 2.12. The van der Waals surface area contributed by atoms with Crippen LogP contribution in [0.3, 0.4) is 0 Å². The molecular formula is C18H21NO3. The van der Waals surface area contributed by atoms with E-state index >= 15 is 0 Å². The molecule has 2 rings (SSSR count). The maximum atomic E-state index is 12.1. The third kappa shape index (κ3) is 3.36. The van der Waals surface area contributed by atoms with Gasteiger partial charge in [-0.3, -0.25) is 9.59 Å². The fourth-order valence-electron chi connectivity index (χ4n) is 3.37. The van der Waals surface area contributed by atoms with Crippen molar-refractivity contribution in [1.29, 1.82) is 5.26 Å². The quantitative estimate of drug-likeness (QED) is 0.783. The van der Waals surface area contributed by atoms with Crippen molar-refractivity contribution in [3.8, 4) is 6.07 Å². The zero-order valence-corrected chi connectivity index (χ0v) is 12.9. The van der Waals surface area contributed by atoms with Gasteiger partial charge in [0.15, 0.2) is 0 Å². The highest BCUT2D eigenvalue weighted by molar-refractivity contribution is 5.81. The number of nitriles is 1. The Hall–Kier alpha value is -2.15. The van der Waals surface area contributed by atoms with E-state index in [-0.39, 0.29) is 24.1 Å². The van der Waals surface area contributed by atoms with Crippen LogP contribution in [0.5, 0.6) is 0 Å². The van der Waals surface area contributed by atoms with Crippen LogP contribution in [0.15, 0.2) is 30.3 Å². The van der Waals surface area contributed by atoms with Crippen LogP contribution in [0.4, 0.5) is 0 Å². The van der Waals surface area contributed by atoms with Gasteiger partial charge < -0.3 is 4.74 Å². The molecule has 1 aliphatic carbocycles. The number of hydrogen-bond donors (Lipinski definition) is 0. The summed E-state index contributed by atoms with van der Waals surface area (Å²) in [5.74, 6) is -0.353. The van der Waals surface area contributed by atoms with E-state index in [4.69, 9.17) is 4.74 Å². The van der Waals surface area contributed by atoms with Crippen molar-refractivity contribution in [2.24, 2.45) is 5.92 Å². The SMILES string of the molecule is CCOC(=O)CC[C@]1(c2ccccc2)CC(=O)CC[C@@H]1C#N. The predicted octanol–water partition coefficient (Wildman–Crippen LogP) is 3.16. The van der Waals surface area contributed by atoms with E-state index in [0.29, 0.717) is 32.3 Å². The zero-order valence-electron chi connectivity index (χ0n) is 12.9. The maximum Gasteiger partial charge on any atom is 0.305 e. The van der Waals surface area contributed by atoms with Gasteiger partial charge in [0.1, 0.15) is 5.78 Å². The van der Waals surface area contributed by atoms with Crippen molar-refractivity contribution in [1.82, 2.24) is 0 Å². The first-order chi connectivity index (χ1) is 10.6. The Morgan fingerprint density at radius 2 is 2.14 bits per heavy atom. The normalized spacial score (nSPS) is 24.5. The molecule has 0 saturated heterocycles. The van der Waals surface area contributed by atoms with E-state index in [2.05, 4.69) is 6.07 Å². The van der Waals surface area contributed by atoms with Gasteiger partial charge in [0.05, 0.1) is 18.6 Å². The van der Waals surface area contributed by atoms with Crippen LogP contribution in [-0.2, 0) is 19.7 Å². The van der Waals surface area contributed by atoms with Crippen molar-refractivity contribution in [3.63, 3.8) is 0 Å². The van der Waals surface area contributed by atoms with E-state index in [0.717, 1.165) is 5.56 Å². The standard InChI is InChI=1S/C18H21NO3/c1-2-22-17(21)10-11-18(14-6-4-3-5-7-14)12-16(20)9-8-15(18)13-19/h3-7,15H,2,8-12H2,1H3/t15-,18-/m1/s1. The van der Waals surface area contributed by atoms with Crippen LogP contribution in [0.2, 0.25) is 0 Å². The summed E-state index contributed by atoms with van der Waals surface area (Å²) in [5.41, 5.74) is 0.400. The Balaban J connectivity index is 2.33. The second-order valence-corrected chi connectivity index (χ2v) is 5.76. The second-order valence-electron chi connectivity index (χ2n) is 5.76. The molecule has 0 N–H and O–H groups in total. The topological polar surface area (TPSA) is 67.2 Å². The minimum absolute atomic E-state index is 0.166. The van der Waals surface area contributed by atoms with Crippen molar-refractivity contribution in [3.05, 3.63) is 35.9 Å². The van der Waals surface area contributed by atoms with E-state index in [1.54, 1.807) is 6.92 Å². The van der Waals surface area contributed by atoms with Crippen LogP contribution in [0.1, 0.15) is 44.6 Å². The van der Waals surface area contributed by atoms with Gasteiger partial charge in [-0.1, -0.05) is 30.3 Å². The lowest BCUT2D eigenvalue weighted by atomic mass is 9.60. The molecule has 0 heterocycles. The molecule has 4 heteroatoms. The number of carbonyl (C=O) groups is 2. The first-order valence-corrected chi connectivity index (χ1v) is 7.75. The van der Waals surface area contributed by atoms with Gasteiger partial charge in [0.25, 0.3) is 0 Å². The number of esters is 1. The summed E-state index contributed by atoms with van der Waals surface area (Å²) < 4.78 is 5.00. The highest BCUT2D eigenvalue weighted by Crippen LogP contribution is 2.45. The van der Waals surface area contributed by atoms with Crippen molar-refractivity contribution in [2.45, 2.75) is 44.4 Å². The average Bonchev–Trinajstić information content (AvgIpc) is 2.54. The molecule has 22 heavy (non-hydrogen) atoms. The summed E-state index contributed by atoms with van der Waals surface area (Å²) >= 11 is 0. The van der Waals surface area contributed by atoms with Crippen LogP contribution in [0.25, 0.3) is 0 Å². The van der Waals surface area contributed by atoms with Gasteiger partial charge in [-0.2, -0.15) is 5.26 Å². The molecule has 0 spiro atoms. The van der Waals surface area contributed by atoms with E-state index < -0.39 is 5.41 Å². The van der Waals surface area contributed by atoms with Gasteiger partial charge in [-0.05, 0) is 25.3 Å². The second kappa shape index (κ2) is 7.22. The van der Waals surface area contributed by atoms with Crippen LogP contribution in [0, 0.1) is 17.2 Å². The summed E-state index contributed by atoms with van der Waals surface area (Å²) in [6, 6.07) is 12.0. The number of rotatable bonds is 5. The van der Waals surface area contributed by atoms with E-state index in [1.807, 2.05) is 30.3 Å². The summed E-state index contributed by atoms with van der Waals surface area (Å²) in [4.78, 5) is 23.8. The van der Waals surface area contributed by atoms with Crippen LogP contribution in [-0.4, -0.2) is 18.4 Å². The molecule has 116 valence electrons. The minimum atomic E-state index is -0.571. The monoisotopic (exact) mass is 299 g/mol. The Morgan fingerprint density at radius 1 is 1.41 bits per heavy atom. The lowest BCUT2D eigenvalue weighted by molar-refractivity contribution is -0.144. The van der Waals surface area contributed by atoms with Crippen LogP contribution >= 0.6 is 0 Å². The van der Waals surface area contributed by atoms with Gasteiger partial charge in [-0.25, -0.2) is 0 Å². The Labute approximate surface area is 131 Å². The molecule has 4 nitrogen and oxygen atoms in total. The molecular weight excluding hydrogens is 278 g/mol. The molecule has 0 aromatic heterocycles. The largest absolute Gasteiger partial charge is 0.466 e.